The molecule has 7 heteroatoms. The molecule has 0 aliphatic rings. The van der Waals surface area contributed by atoms with Crippen LogP contribution in [0.25, 0.3) is 0 Å². The van der Waals surface area contributed by atoms with Crippen molar-refractivity contribution in [3.63, 3.8) is 0 Å². The molecule has 0 bridgehead atoms. The molecule has 94 valence electrons. The van der Waals surface area contributed by atoms with Crippen molar-refractivity contribution in [2.24, 2.45) is 0 Å². The van der Waals surface area contributed by atoms with E-state index in [-0.39, 0.29) is 63.7 Å². The zero-order chi connectivity index (χ0) is 13.1. The summed E-state index contributed by atoms with van der Waals surface area (Å²) < 4.78 is 49.5. The Balaban J connectivity index is 0.00000289. The van der Waals surface area contributed by atoms with Gasteiger partial charge in [0.1, 0.15) is 5.82 Å². The summed E-state index contributed by atoms with van der Waals surface area (Å²) in [4.78, 5) is 1.49. The van der Waals surface area contributed by atoms with Gasteiger partial charge in [-0.3, -0.25) is 0 Å². The van der Waals surface area contributed by atoms with Crippen molar-refractivity contribution in [1.82, 2.24) is 4.90 Å². The molecule has 0 atom stereocenters. The first kappa shape index (κ1) is 18.3. The third-order valence-electron chi connectivity index (χ3n) is 2.30. The van der Waals surface area contributed by atoms with Gasteiger partial charge in [0.2, 0.25) is 0 Å². The van der Waals surface area contributed by atoms with Crippen molar-refractivity contribution in [2.75, 3.05) is 13.6 Å². The van der Waals surface area contributed by atoms with Crippen LogP contribution in [0.3, 0.4) is 0 Å². The first-order valence-electron chi connectivity index (χ1n) is 5.09. The van der Waals surface area contributed by atoms with E-state index >= 15 is 0 Å². The minimum Gasteiger partial charge on any atom is -0.445 e. The number of nitrogens with zero attached hydrogens (tertiary/aromatic N) is 1. The third kappa shape index (κ3) is 6.49. The Morgan fingerprint density at radius 1 is 1.22 bits per heavy atom. The summed E-state index contributed by atoms with van der Waals surface area (Å²) in [7, 11) is 1.57. The maximum atomic E-state index is 12.6. The summed E-state index contributed by atoms with van der Waals surface area (Å²) in [6.07, 6.45) is 0. The molecular formula is C11H13BF4KN. The minimum absolute atomic E-state index is 0. The summed E-state index contributed by atoms with van der Waals surface area (Å²) in [5.74, 6) is -0.362. The third-order valence-corrected chi connectivity index (χ3v) is 2.30. The van der Waals surface area contributed by atoms with Crippen LogP contribution in [0.5, 0.6) is 0 Å². The molecule has 1 nitrogen and oxygen atoms in total. The monoisotopic (exact) mass is 285 g/mol. The number of hydrogen-bond acceptors (Lipinski definition) is 1. The Kier molecular flexibility index (Phi) is 7.96. The maximum absolute atomic E-state index is 12.6. The number of rotatable bonds is 5. The second-order valence-corrected chi connectivity index (χ2v) is 4.03. The van der Waals surface area contributed by atoms with Crippen LogP contribution in [-0.4, -0.2) is 25.5 Å². The van der Waals surface area contributed by atoms with Crippen LogP contribution in [0.15, 0.2) is 36.3 Å². The van der Waals surface area contributed by atoms with Crippen molar-refractivity contribution in [3.05, 3.63) is 47.7 Å². The van der Waals surface area contributed by atoms with Crippen LogP contribution in [0, 0.1) is 5.82 Å². The predicted octanol–water partition coefficient (Wildman–Crippen LogP) is 0.204. The van der Waals surface area contributed by atoms with E-state index in [0.717, 1.165) is 5.56 Å². The molecule has 1 aromatic rings. The number of likely N-dealkylation sites (N-methyl/N-ethyl adjacent to an activating group) is 1. The fourth-order valence-electron chi connectivity index (χ4n) is 1.41. The number of hydrogen-bond donors (Lipinski definition) is 0. The van der Waals surface area contributed by atoms with E-state index in [1.165, 1.54) is 17.0 Å². The van der Waals surface area contributed by atoms with E-state index in [2.05, 4.69) is 6.58 Å². The molecule has 0 aromatic heterocycles. The standard InChI is InChI=1S/C11H13BF4N.K/c1-9(12(14,15)16)7-17(2)8-10-3-5-11(13)6-4-10;/h3-6H,1,7-8H2,2H3;/q-1;+1. The zero-order valence-corrected chi connectivity index (χ0v) is 13.6. The van der Waals surface area contributed by atoms with Gasteiger partial charge in [-0.1, -0.05) is 12.1 Å². The molecule has 0 aliphatic heterocycles. The van der Waals surface area contributed by atoms with Gasteiger partial charge in [0.05, 0.1) is 0 Å². The summed E-state index contributed by atoms with van der Waals surface area (Å²) >= 11 is 0. The summed E-state index contributed by atoms with van der Waals surface area (Å²) in [5, 5.41) is 0. The molecule has 0 saturated heterocycles. The van der Waals surface area contributed by atoms with Crippen molar-refractivity contribution in [2.45, 2.75) is 6.54 Å². The quantitative estimate of drug-likeness (QED) is 0.552. The molecule has 1 rings (SSSR count). The summed E-state index contributed by atoms with van der Waals surface area (Å²) in [5.41, 5.74) is 0.0333. The van der Waals surface area contributed by atoms with E-state index in [1.54, 1.807) is 19.2 Å². The van der Waals surface area contributed by atoms with Gasteiger partial charge in [0.15, 0.2) is 0 Å². The Morgan fingerprint density at radius 3 is 2.17 bits per heavy atom. The molecule has 0 heterocycles. The van der Waals surface area contributed by atoms with Gasteiger partial charge in [-0.15, -0.1) is 12.1 Å². The van der Waals surface area contributed by atoms with Crippen LogP contribution < -0.4 is 51.4 Å². The van der Waals surface area contributed by atoms with Gasteiger partial charge in [-0.05, 0) is 31.3 Å². The van der Waals surface area contributed by atoms with E-state index in [1.807, 2.05) is 0 Å². The molecule has 0 radical (unpaired) electrons. The smallest absolute Gasteiger partial charge is 0.445 e. The van der Waals surface area contributed by atoms with Gasteiger partial charge < -0.3 is 17.8 Å². The fraction of sp³-hybridized carbons (Fsp3) is 0.273. The van der Waals surface area contributed by atoms with Crippen LogP contribution in [0.4, 0.5) is 17.3 Å². The van der Waals surface area contributed by atoms with Gasteiger partial charge in [0.25, 0.3) is 0 Å². The van der Waals surface area contributed by atoms with Crippen molar-refractivity contribution in [1.29, 1.82) is 0 Å². The molecule has 0 unspecified atom stereocenters. The Labute approximate surface area is 147 Å². The van der Waals surface area contributed by atoms with Gasteiger partial charge >= 0.3 is 58.4 Å². The molecule has 0 amide bonds. The van der Waals surface area contributed by atoms with Gasteiger partial charge in [-0.2, -0.15) is 0 Å². The molecule has 0 N–H and O–H groups in total. The first-order valence-corrected chi connectivity index (χ1v) is 5.09. The Hall–Kier alpha value is 0.341. The summed E-state index contributed by atoms with van der Waals surface area (Å²) in [6.45, 7) is -1.87. The van der Waals surface area contributed by atoms with Crippen LogP contribution >= 0.6 is 0 Å². The second kappa shape index (κ2) is 7.82. The van der Waals surface area contributed by atoms with Crippen LogP contribution in [0.1, 0.15) is 5.56 Å². The Bertz CT molecular complexity index is 391. The van der Waals surface area contributed by atoms with E-state index in [4.69, 9.17) is 0 Å². The van der Waals surface area contributed by atoms with Crippen LogP contribution in [-0.2, 0) is 6.54 Å². The molecule has 0 saturated carbocycles. The Morgan fingerprint density at radius 2 is 1.72 bits per heavy atom. The molecular weight excluding hydrogens is 272 g/mol. The zero-order valence-electron chi connectivity index (χ0n) is 10.5. The van der Waals surface area contributed by atoms with E-state index in [9.17, 15) is 17.3 Å². The maximum Gasteiger partial charge on any atom is 1.00 e. The largest absolute Gasteiger partial charge is 1.00 e. The number of benzene rings is 1. The van der Waals surface area contributed by atoms with Crippen LogP contribution in [0.2, 0.25) is 0 Å². The summed E-state index contributed by atoms with van der Waals surface area (Å²) in [6, 6.07) is 5.66. The van der Waals surface area contributed by atoms with Crippen molar-refractivity contribution < 1.29 is 68.7 Å². The van der Waals surface area contributed by atoms with Gasteiger partial charge in [-0.25, -0.2) is 4.39 Å². The molecule has 0 aliphatic carbocycles. The van der Waals surface area contributed by atoms with Crippen molar-refractivity contribution >= 4 is 6.98 Å². The average molecular weight is 285 g/mol. The first-order chi connectivity index (χ1) is 7.79. The fourth-order valence-corrected chi connectivity index (χ4v) is 1.41. The molecule has 18 heavy (non-hydrogen) atoms. The van der Waals surface area contributed by atoms with Crippen molar-refractivity contribution in [3.8, 4) is 0 Å². The minimum atomic E-state index is -4.99. The topological polar surface area (TPSA) is 3.24 Å². The normalized spacial score (nSPS) is 11.2. The molecule has 0 fully saturated rings. The van der Waals surface area contributed by atoms with Gasteiger partial charge in [0, 0.05) is 6.54 Å². The second-order valence-electron chi connectivity index (χ2n) is 4.03. The molecule has 1 aromatic carbocycles. The SMILES string of the molecule is C=C(CN(C)Cc1ccc(F)cc1)[B-](F)(F)F.[K+]. The van der Waals surface area contributed by atoms with E-state index in [0.29, 0.717) is 6.54 Å². The van der Waals surface area contributed by atoms with E-state index < -0.39 is 12.4 Å². The average Bonchev–Trinajstić information content (AvgIpc) is 2.20. The predicted molar refractivity (Wildman–Crippen MR) is 61.0 cm³/mol. The molecule has 0 spiro atoms. The number of halogens is 4.